The van der Waals surface area contributed by atoms with Crippen molar-refractivity contribution in [2.45, 2.75) is 45.7 Å². The summed E-state index contributed by atoms with van der Waals surface area (Å²) in [6.45, 7) is 6.63. The number of rotatable bonds is 10. The van der Waals surface area contributed by atoms with Gasteiger partial charge in [-0.05, 0) is 37.5 Å². The molecule has 14 heteroatoms. The number of ketones is 1. The van der Waals surface area contributed by atoms with Gasteiger partial charge >= 0.3 is 11.2 Å². The third-order valence-electron chi connectivity index (χ3n) is 7.09. The molecule has 1 unspecified atom stereocenters. The molecule has 3 heterocycles. The van der Waals surface area contributed by atoms with Crippen molar-refractivity contribution in [2.24, 2.45) is 5.92 Å². The molecule has 0 aliphatic carbocycles. The quantitative estimate of drug-likeness (QED) is 0.163. The average Bonchev–Trinajstić information content (AvgIpc) is 3.67. The van der Waals surface area contributed by atoms with Gasteiger partial charge in [-0.1, -0.05) is 50.2 Å². The number of carbonyl (C=O) groups excluding carboxylic acids is 2. The molecule has 0 radical (unpaired) electrons. The summed E-state index contributed by atoms with van der Waals surface area (Å²) in [5, 5.41) is 22.1. The third-order valence-corrected chi connectivity index (χ3v) is 7.09. The number of carbonyl (C=O) groups is 2. The minimum absolute atomic E-state index is 0.0612. The van der Waals surface area contributed by atoms with Gasteiger partial charge in [-0.3, -0.25) is 29.1 Å². The molecule has 4 aromatic rings. The van der Waals surface area contributed by atoms with Crippen LogP contribution in [0.5, 0.6) is 11.5 Å². The topological polar surface area (TPSA) is 182 Å². The largest absolute Gasteiger partial charge is 0.454 e. The number of fused-ring (bicyclic) bond motifs is 1. The van der Waals surface area contributed by atoms with Crippen LogP contribution in [-0.2, 0) is 16.8 Å². The summed E-state index contributed by atoms with van der Waals surface area (Å²) >= 11 is 0. The predicted octanol–water partition coefficient (Wildman–Crippen LogP) is 3.28. The number of Topliss-reactive ketones (excluding diaryl/α,β-unsaturated/α-hetero) is 1. The zero-order valence-electron chi connectivity index (χ0n) is 23.8. The van der Waals surface area contributed by atoms with Gasteiger partial charge in [0.25, 0.3) is 5.89 Å². The molecule has 5 rings (SSSR count). The maximum absolute atomic E-state index is 13.5. The van der Waals surface area contributed by atoms with E-state index in [4.69, 9.17) is 13.9 Å². The Kier molecular flexibility index (Phi) is 7.76. The van der Waals surface area contributed by atoms with Crippen molar-refractivity contribution in [3.8, 4) is 22.9 Å². The van der Waals surface area contributed by atoms with Crippen LogP contribution in [0.2, 0.25) is 0 Å². The van der Waals surface area contributed by atoms with Crippen molar-refractivity contribution in [1.82, 2.24) is 25.1 Å². The van der Waals surface area contributed by atoms with Crippen LogP contribution in [0.4, 0.5) is 5.69 Å². The summed E-state index contributed by atoms with van der Waals surface area (Å²) in [6, 6.07) is 12.8. The first kappa shape index (κ1) is 29.1. The number of benzene rings is 2. The number of hydrogen-bond acceptors (Lipinski definition) is 11. The highest BCUT2D eigenvalue weighted by Crippen LogP contribution is 2.38. The minimum atomic E-state index is -1.10. The zero-order valence-corrected chi connectivity index (χ0v) is 23.8. The Morgan fingerprint density at radius 2 is 1.81 bits per heavy atom. The lowest BCUT2D eigenvalue weighted by Crippen LogP contribution is -2.46. The van der Waals surface area contributed by atoms with Crippen LogP contribution in [0, 0.1) is 16.0 Å². The summed E-state index contributed by atoms with van der Waals surface area (Å²) < 4.78 is 17.6. The summed E-state index contributed by atoms with van der Waals surface area (Å²) in [5.74, 6) is -0.654. The first-order valence-corrected chi connectivity index (χ1v) is 13.3. The molecule has 0 spiro atoms. The first-order valence-electron chi connectivity index (χ1n) is 13.3. The molecule has 14 nitrogen and oxygen atoms in total. The van der Waals surface area contributed by atoms with Crippen molar-refractivity contribution < 1.29 is 28.4 Å². The molecule has 0 bridgehead atoms. The highest BCUT2D eigenvalue weighted by atomic mass is 16.7. The molecule has 1 atom stereocenters. The molecule has 0 saturated heterocycles. The highest BCUT2D eigenvalue weighted by molar-refractivity contribution is 5.98. The fourth-order valence-corrected chi connectivity index (χ4v) is 4.59. The molecule has 1 aliphatic heterocycles. The van der Waals surface area contributed by atoms with Crippen molar-refractivity contribution in [2.75, 3.05) is 6.79 Å². The van der Waals surface area contributed by atoms with E-state index >= 15 is 0 Å². The molecule has 43 heavy (non-hydrogen) atoms. The molecule has 1 amide bonds. The Hall–Kier alpha value is -5.40. The lowest BCUT2D eigenvalue weighted by molar-refractivity contribution is -0.386. The van der Waals surface area contributed by atoms with Gasteiger partial charge in [0.15, 0.2) is 11.5 Å². The van der Waals surface area contributed by atoms with Gasteiger partial charge in [-0.15, -0.1) is 10.2 Å². The van der Waals surface area contributed by atoms with Crippen molar-refractivity contribution in [3.63, 3.8) is 0 Å². The second-order valence-corrected chi connectivity index (χ2v) is 10.7. The number of nitrogens with one attached hydrogen (secondary N) is 1. The van der Waals surface area contributed by atoms with E-state index in [-0.39, 0.29) is 24.4 Å². The van der Waals surface area contributed by atoms with Crippen LogP contribution >= 0.6 is 0 Å². The smallest absolute Gasteiger partial charge is 0.352 e. The molecule has 0 fully saturated rings. The number of amides is 1. The van der Waals surface area contributed by atoms with Crippen LogP contribution in [0.3, 0.4) is 0 Å². The van der Waals surface area contributed by atoms with Crippen LogP contribution in [-0.4, -0.2) is 49.2 Å². The van der Waals surface area contributed by atoms with E-state index < -0.39 is 51.8 Å². The van der Waals surface area contributed by atoms with E-state index in [2.05, 4.69) is 20.5 Å². The first-order chi connectivity index (χ1) is 20.5. The molecule has 2 aromatic carbocycles. The Bertz CT molecular complexity index is 1760. The molecule has 1 aliphatic rings. The molecule has 0 saturated carbocycles. The summed E-state index contributed by atoms with van der Waals surface area (Å²) in [5.41, 5.74) is -1.32. The number of hydrogen-bond donors (Lipinski definition) is 1. The SMILES string of the molecule is CC(C)C(NC(=O)Cn1c(-c2ccccc2)ncc([N+](=O)[O-])c1=O)C(=O)c1nnc(C(C)(C)c2ccc3c(c2)OCO3)o1. The van der Waals surface area contributed by atoms with E-state index in [0.717, 1.165) is 16.3 Å². The Morgan fingerprint density at radius 3 is 2.51 bits per heavy atom. The molecule has 2 aromatic heterocycles. The van der Waals surface area contributed by atoms with Crippen LogP contribution in [0.1, 0.15) is 49.8 Å². The molecular weight excluding hydrogens is 560 g/mol. The van der Waals surface area contributed by atoms with E-state index in [9.17, 15) is 24.5 Å². The maximum atomic E-state index is 13.5. The van der Waals surface area contributed by atoms with Gasteiger partial charge in [0.05, 0.1) is 16.4 Å². The monoisotopic (exact) mass is 588 g/mol. The highest BCUT2D eigenvalue weighted by Gasteiger charge is 2.35. The Labute approximate surface area is 244 Å². The second kappa shape index (κ2) is 11.5. The maximum Gasteiger partial charge on any atom is 0.352 e. The summed E-state index contributed by atoms with van der Waals surface area (Å²) in [6.07, 6.45) is 0.859. The third kappa shape index (κ3) is 5.71. The van der Waals surface area contributed by atoms with Crippen LogP contribution in [0.15, 0.2) is 63.9 Å². The summed E-state index contributed by atoms with van der Waals surface area (Å²) in [7, 11) is 0. The Morgan fingerprint density at radius 1 is 1.09 bits per heavy atom. The van der Waals surface area contributed by atoms with Gasteiger partial charge in [-0.2, -0.15) is 0 Å². The molecule has 222 valence electrons. The lowest BCUT2D eigenvalue weighted by atomic mass is 9.84. The molecule has 1 N–H and O–H groups in total. The number of aromatic nitrogens is 4. The predicted molar refractivity (Wildman–Crippen MR) is 151 cm³/mol. The van der Waals surface area contributed by atoms with E-state index in [0.29, 0.717) is 17.1 Å². The second-order valence-electron chi connectivity index (χ2n) is 10.7. The Balaban J connectivity index is 1.38. The fourth-order valence-electron chi connectivity index (χ4n) is 4.59. The zero-order chi connectivity index (χ0) is 30.9. The van der Waals surface area contributed by atoms with Crippen LogP contribution < -0.4 is 20.3 Å². The van der Waals surface area contributed by atoms with E-state index in [1.807, 2.05) is 19.9 Å². The lowest BCUT2D eigenvalue weighted by Gasteiger charge is -2.21. The fraction of sp³-hybridized carbons (Fsp3) is 0.310. The molecular formula is C29H28N6O8. The van der Waals surface area contributed by atoms with Gasteiger partial charge in [-0.25, -0.2) is 4.98 Å². The number of nitrogens with zero attached hydrogens (tertiary/aromatic N) is 5. The summed E-state index contributed by atoms with van der Waals surface area (Å²) in [4.78, 5) is 54.3. The standard InChI is InChI=1S/C29H28N6O8/c1-16(2)23(24(37)26-32-33-28(43-26)29(3,4)18-10-11-20-21(12-18)42-15-41-20)31-22(36)14-34-25(17-8-6-5-7-9-17)30-13-19(27(34)38)35(39)40/h5-13,16,23H,14-15H2,1-4H3,(H,31,36). The van der Waals surface area contributed by atoms with Crippen LogP contribution in [0.25, 0.3) is 11.4 Å². The van der Waals surface area contributed by atoms with Gasteiger partial charge < -0.3 is 19.2 Å². The van der Waals surface area contributed by atoms with E-state index in [1.165, 1.54) is 0 Å². The van der Waals surface area contributed by atoms with Gasteiger partial charge in [0, 0.05) is 5.56 Å². The normalized spacial score (nSPS) is 13.1. The van der Waals surface area contributed by atoms with Crippen molar-refractivity contribution in [3.05, 3.63) is 92.5 Å². The van der Waals surface area contributed by atoms with Crippen molar-refractivity contribution >= 4 is 17.4 Å². The van der Waals surface area contributed by atoms with E-state index in [1.54, 1.807) is 56.3 Å². The van der Waals surface area contributed by atoms with Crippen molar-refractivity contribution in [1.29, 1.82) is 0 Å². The number of ether oxygens (including phenoxy) is 2. The van der Waals surface area contributed by atoms with Gasteiger partial charge in [0.1, 0.15) is 18.6 Å². The number of nitro groups is 1. The average molecular weight is 589 g/mol. The minimum Gasteiger partial charge on any atom is -0.454 e. The van der Waals surface area contributed by atoms with Gasteiger partial charge in [0.2, 0.25) is 24.4 Å².